The molecule has 1 aromatic rings. The molecule has 1 unspecified atom stereocenters. The number of rotatable bonds is 3. The maximum Gasteiger partial charge on any atom is 0.133 e. The lowest BCUT2D eigenvalue weighted by atomic mass is 9.80. The number of ketones is 1. The van der Waals surface area contributed by atoms with Crippen LogP contribution < -0.4 is 0 Å². The molecule has 0 N–H and O–H groups in total. The number of hydrogen-bond donors (Lipinski definition) is 0. The van der Waals surface area contributed by atoms with Crippen LogP contribution in [0.15, 0.2) is 35.2 Å². The molecule has 92 valence electrons. The quantitative estimate of drug-likeness (QED) is 0.741. The molecule has 0 aromatic heterocycles. The van der Waals surface area contributed by atoms with Gasteiger partial charge in [-0.3, -0.25) is 4.79 Å². The number of hydrogen-bond acceptors (Lipinski definition) is 2. The third kappa shape index (κ3) is 3.35. The van der Waals surface area contributed by atoms with E-state index in [1.165, 1.54) is 11.3 Å². The highest BCUT2D eigenvalue weighted by Crippen LogP contribution is 2.43. The van der Waals surface area contributed by atoms with E-state index in [1.54, 1.807) is 0 Å². The van der Waals surface area contributed by atoms with Crippen LogP contribution in [0.1, 0.15) is 39.5 Å². The van der Waals surface area contributed by atoms with Crippen LogP contribution in [-0.2, 0) is 4.79 Å². The van der Waals surface area contributed by atoms with Crippen molar-refractivity contribution in [2.24, 2.45) is 5.92 Å². The van der Waals surface area contributed by atoms with Gasteiger partial charge >= 0.3 is 0 Å². The predicted octanol–water partition coefficient (Wildman–Crippen LogP) is 4.32. The molecule has 1 saturated carbocycles. The zero-order valence-corrected chi connectivity index (χ0v) is 11.4. The Labute approximate surface area is 108 Å². The Morgan fingerprint density at radius 2 is 1.94 bits per heavy atom. The summed E-state index contributed by atoms with van der Waals surface area (Å²) < 4.78 is 0.150. The van der Waals surface area contributed by atoms with Gasteiger partial charge in [0.25, 0.3) is 0 Å². The normalized spacial score (nSPS) is 21.5. The van der Waals surface area contributed by atoms with E-state index in [2.05, 4.69) is 38.1 Å². The van der Waals surface area contributed by atoms with E-state index in [4.69, 9.17) is 0 Å². The molecular weight excluding hydrogens is 228 g/mol. The topological polar surface area (TPSA) is 17.1 Å². The van der Waals surface area contributed by atoms with E-state index in [-0.39, 0.29) is 4.75 Å². The average molecular weight is 248 g/mol. The number of carbonyl (C=O) groups is 1. The number of carbonyl (C=O) groups excluding carboxylic acids is 1. The van der Waals surface area contributed by atoms with Gasteiger partial charge in [0.2, 0.25) is 0 Å². The van der Waals surface area contributed by atoms with Gasteiger partial charge in [-0.25, -0.2) is 0 Å². The van der Waals surface area contributed by atoms with Crippen LogP contribution in [0, 0.1) is 5.92 Å². The van der Waals surface area contributed by atoms with Crippen molar-refractivity contribution in [1.82, 2.24) is 0 Å². The average Bonchev–Trinajstić information content (AvgIpc) is 2.30. The molecule has 2 heteroatoms. The zero-order valence-electron chi connectivity index (χ0n) is 10.6. The Kier molecular flexibility index (Phi) is 3.93. The fourth-order valence-corrected chi connectivity index (χ4v) is 3.76. The molecule has 0 heterocycles. The minimum absolute atomic E-state index is 0.150. The predicted molar refractivity (Wildman–Crippen MR) is 73.3 cm³/mol. The summed E-state index contributed by atoms with van der Waals surface area (Å²) in [7, 11) is 0. The molecule has 0 spiro atoms. The van der Waals surface area contributed by atoms with E-state index in [9.17, 15) is 4.79 Å². The maximum atomic E-state index is 11.6. The Bertz CT molecular complexity index is 383. The van der Waals surface area contributed by atoms with Crippen LogP contribution in [0.25, 0.3) is 0 Å². The lowest BCUT2D eigenvalue weighted by molar-refractivity contribution is -0.121. The minimum Gasteiger partial charge on any atom is -0.300 e. The first kappa shape index (κ1) is 12.7. The fraction of sp³-hybridized carbons (Fsp3) is 0.533. The first-order chi connectivity index (χ1) is 8.08. The van der Waals surface area contributed by atoms with Gasteiger partial charge < -0.3 is 0 Å². The lowest BCUT2D eigenvalue weighted by Crippen LogP contribution is -2.32. The highest BCUT2D eigenvalue weighted by Gasteiger charge is 2.34. The van der Waals surface area contributed by atoms with Crippen molar-refractivity contribution in [3.63, 3.8) is 0 Å². The van der Waals surface area contributed by atoms with Crippen molar-refractivity contribution >= 4 is 17.5 Å². The summed E-state index contributed by atoms with van der Waals surface area (Å²) in [6.45, 7) is 4.54. The molecule has 1 fully saturated rings. The monoisotopic (exact) mass is 248 g/mol. The zero-order chi connectivity index (χ0) is 12.3. The summed E-state index contributed by atoms with van der Waals surface area (Å²) in [4.78, 5) is 12.9. The Morgan fingerprint density at radius 3 is 2.59 bits per heavy atom. The molecule has 0 saturated heterocycles. The van der Waals surface area contributed by atoms with Gasteiger partial charge in [-0.15, -0.1) is 11.8 Å². The summed E-state index contributed by atoms with van der Waals surface area (Å²) >= 11 is 1.90. The van der Waals surface area contributed by atoms with Crippen LogP contribution in [0.4, 0.5) is 0 Å². The molecular formula is C15H20OS. The maximum absolute atomic E-state index is 11.6. The van der Waals surface area contributed by atoms with E-state index >= 15 is 0 Å². The smallest absolute Gasteiger partial charge is 0.133 e. The second-order valence-electron chi connectivity index (χ2n) is 5.35. The number of Topliss-reactive ketones (excluding diaryl/α,β-unsaturated/α-hetero) is 1. The van der Waals surface area contributed by atoms with Crippen molar-refractivity contribution in [1.29, 1.82) is 0 Å². The van der Waals surface area contributed by atoms with Gasteiger partial charge in [-0.05, 0) is 30.9 Å². The molecule has 1 nitrogen and oxygen atoms in total. The van der Waals surface area contributed by atoms with Gasteiger partial charge in [0.05, 0.1) is 0 Å². The van der Waals surface area contributed by atoms with Crippen LogP contribution in [0.2, 0.25) is 0 Å². The van der Waals surface area contributed by atoms with Crippen LogP contribution in [0.5, 0.6) is 0 Å². The van der Waals surface area contributed by atoms with Crippen molar-refractivity contribution in [2.45, 2.75) is 49.2 Å². The molecule has 0 bridgehead atoms. The van der Waals surface area contributed by atoms with Crippen LogP contribution >= 0.6 is 11.8 Å². The highest BCUT2D eigenvalue weighted by atomic mass is 32.2. The van der Waals surface area contributed by atoms with Crippen LogP contribution in [-0.4, -0.2) is 10.5 Å². The third-order valence-corrected chi connectivity index (χ3v) is 4.96. The molecule has 0 aliphatic heterocycles. The number of benzene rings is 1. The Morgan fingerprint density at radius 1 is 1.24 bits per heavy atom. The van der Waals surface area contributed by atoms with Gasteiger partial charge in [0.15, 0.2) is 0 Å². The molecule has 0 amide bonds. The molecule has 1 atom stereocenters. The summed E-state index contributed by atoms with van der Waals surface area (Å²) in [5.74, 6) is 0.969. The fourth-order valence-electron chi connectivity index (χ4n) is 2.49. The minimum atomic E-state index is 0.150. The first-order valence-electron chi connectivity index (χ1n) is 6.34. The summed E-state index contributed by atoms with van der Waals surface area (Å²) in [5, 5.41) is 0. The Balaban J connectivity index is 2.05. The molecule has 17 heavy (non-hydrogen) atoms. The van der Waals surface area contributed by atoms with Crippen molar-refractivity contribution in [3.8, 4) is 0 Å². The molecule has 1 aliphatic carbocycles. The first-order valence-corrected chi connectivity index (χ1v) is 7.15. The van der Waals surface area contributed by atoms with Gasteiger partial charge in [0.1, 0.15) is 5.78 Å². The van der Waals surface area contributed by atoms with Crippen LogP contribution in [0.3, 0.4) is 0 Å². The van der Waals surface area contributed by atoms with E-state index < -0.39 is 0 Å². The van der Waals surface area contributed by atoms with Crippen molar-refractivity contribution in [3.05, 3.63) is 30.3 Å². The highest BCUT2D eigenvalue weighted by molar-refractivity contribution is 8.00. The van der Waals surface area contributed by atoms with Gasteiger partial charge in [0, 0.05) is 22.5 Å². The largest absolute Gasteiger partial charge is 0.300 e. The standard InChI is InChI=1S/C15H20OS/c1-15(2,12-7-6-8-13(16)11-12)17-14-9-4-3-5-10-14/h3-5,9-10,12H,6-8,11H2,1-2H3. The van der Waals surface area contributed by atoms with Gasteiger partial charge in [-0.2, -0.15) is 0 Å². The molecule has 0 radical (unpaired) electrons. The molecule has 1 aromatic carbocycles. The second kappa shape index (κ2) is 5.26. The van der Waals surface area contributed by atoms with E-state index in [0.717, 1.165) is 19.3 Å². The number of thioether (sulfide) groups is 1. The molecule has 2 rings (SSSR count). The summed E-state index contributed by atoms with van der Waals surface area (Å²) in [6, 6.07) is 10.5. The summed E-state index contributed by atoms with van der Waals surface area (Å²) in [6.07, 6.45) is 3.83. The summed E-state index contributed by atoms with van der Waals surface area (Å²) in [5.41, 5.74) is 0. The SMILES string of the molecule is CC(C)(Sc1ccccc1)C1CCCC(=O)C1. The van der Waals surface area contributed by atoms with E-state index in [0.29, 0.717) is 11.7 Å². The second-order valence-corrected chi connectivity index (χ2v) is 7.08. The van der Waals surface area contributed by atoms with Gasteiger partial charge in [-0.1, -0.05) is 32.0 Å². The third-order valence-electron chi connectivity index (χ3n) is 3.59. The molecule has 1 aliphatic rings. The van der Waals surface area contributed by atoms with Crippen molar-refractivity contribution in [2.75, 3.05) is 0 Å². The Hall–Kier alpha value is -0.760. The van der Waals surface area contributed by atoms with Crippen molar-refractivity contribution < 1.29 is 4.79 Å². The van der Waals surface area contributed by atoms with E-state index in [1.807, 2.05) is 17.8 Å². The lowest BCUT2D eigenvalue weighted by Gasteiger charge is -2.35.